The highest BCUT2D eigenvalue weighted by atomic mass is 35.5. The van der Waals surface area contributed by atoms with Crippen LogP contribution in [0.2, 0.25) is 15.1 Å². The number of guanidine groups is 1. The minimum absolute atomic E-state index is 0.0641. The molecule has 7 aromatic rings. The van der Waals surface area contributed by atoms with Crippen molar-refractivity contribution in [3.05, 3.63) is 174 Å². The molecule has 0 radical (unpaired) electrons. The van der Waals surface area contributed by atoms with E-state index >= 15 is 24.0 Å². The molecule has 6 aromatic carbocycles. The number of hydrazine groups is 1. The maximum absolute atomic E-state index is 16.4. The average molecular weight is 1840 g/mol. The number of aliphatic imine (C=N–C) groups is 1. The molecule has 0 spiro atoms. The van der Waals surface area contributed by atoms with Gasteiger partial charge in [-0.1, -0.05) is 72.9 Å². The second-order valence-electron chi connectivity index (χ2n) is 31.7. The first-order chi connectivity index (χ1) is 60.8. The van der Waals surface area contributed by atoms with Gasteiger partial charge in [-0.05, 0) is 139 Å². The van der Waals surface area contributed by atoms with E-state index in [-0.39, 0.29) is 84.1 Å². The van der Waals surface area contributed by atoms with Crippen LogP contribution in [0, 0.1) is 11.7 Å². The number of amides is 9. The van der Waals surface area contributed by atoms with Gasteiger partial charge in [-0.25, -0.2) is 9.18 Å². The van der Waals surface area contributed by atoms with E-state index in [1.165, 1.54) is 55.1 Å². The molecular weight excluding hydrogens is 1750 g/mol. The Morgan fingerprint density at radius 3 is 2.05 bits per heavy atom. The maximum atomic E-state index is 16.4. The minimum Gasteiger partial charge on any atom is -0.508 e. The first-order valence-corrected chi connectivity index (χ1v) is 41.3. The molecule has 682 valence electrons. The Bertz CT molecular complexity index is 5570. The predicted molar refractivity (Wildman–Crippen MR) is 449 cm³/mol. The number of hydrogen-bond acceptors (Lipinski definition) is 31. The van der Waals surface area contributed by atoms with Gasteiger partial charge in [0.05, 0.1) is 59.3 Å². The molecule has 128 heavy (non-hydrogen) atoms. The molecule has 2 saturated heterocycles. The van der Waals surface area contributed by atoms with Gasteiger partial charge < -0.3 is 133 Å². The van der Waals surface area contributed by atoms with Crippen LogP contribution in [0.4, 0.5) is 10.2 Å². The van der Waals surface area contributed by atoms with Crippen molar-refractivity contribution in [2.75, 3.05) is 38.6 Å². The average Bonchev–Trinajstić information content (AvgIpc) is 0.891. The van der Waals surface area contributed by atoms with E-state index in [4.69, 9.17) is 69.0 Å². The van der Waals surface area contributed by atoms with E-state index in [1.54, 1.807) is 6.92 Å². The lowest BCUT2D eigenvalue weighted by molar-refractivity contribution is -0.334. The number of fused-ring (bicyclic) bond motifs is 15. The third-order valence-electron chi connectivity index (χ3n) is 22.1. The molecule has 0 aliphatic carbocycles. The predicted octanol–water partition coefficient (Wildman–Crippen LogP) is 0.463. The van der Waals surface area contributed by atoms with Gasteiger partial charge in [0.1, 0.15) is 107 Å². The number of aliphatic hydroxyl groups is 6. The highest BCUT2D eigenvalue weighted by Crippen LogP contribution is 2.50. The molecule has 1 aromatic heterocycles. The number of likely N-dealkylation sites (N-methyl/N-ethyl adjacent to an activating group) is 1. The van der Waals surface area contributed by atoms with E-state index in [2.05, 4.69) is 74.0 Å². The Balaban J connectivity index is 0.941. The van der Waals surface area contributed by atoms with E-state index in [0.29, 0.717) is 12.1 Å². The third kappa shape index (κ3) is 21.0. The number of benzene rings is 6. The lowest BCUT2D eigenvalue weighted by Crippen LogP contribution is -2.65. The van der Waals surface area contributed by atoms with Crippen molar-refractivity contribution < 1.29 is 122 Å². The van der Waals surface area contributed by atoms with Crippen molar-refractivity contribution >= 4 is 99.7 Å². The van der Waals surface area contributed by atoms with Gasteiger partial charge in [-0.15, -0.1) is 0 Å². The van der Waals surface area contributed by atoms with E-state index in [1.807, 2.05) is 13.8 Å². The Hall–Kier alpha value is -12.1. The van der Waals surface area contributed by atoms with Crippen LogP contribution in [0.1, 0.15) is 111 Å². The molecule has 41 nitrogen and oxygen atoms in total. The summed E-state index contributed by atoms with van der Waals surface area (Å²) >= 11 is 20.2. The van der Waals surface area contributed by atoms with E-state index in [9.17, 15) is 74.3 Å². The number of anilines is 1. The number of carbonyl (C=O) groups excluding carboxylic acids is 9. The van der Waals surface area contributed by atoms with Crippen molar-refractivity contribution in [2.24, 2.45) is 16.6 Å². The van der Waals surface area contributed by atoms with Crippen LogP contribution in [-0.4, -0.2) is 227 Å². The van der Waals surface area contributed by atoms with Crippen molar-refractivity contribution in [3.8, 4) is 57.1 Å². The van der Waals surface area contributed by atoms with Gasteiger partial charge in [0.15, 0.2) is 23.9 Å². The second-order valence-corrected chi connectivity index (χ2v) is 33.0. The fourth-order valence-corrected chi connectivity index (χ4v) is 16.1. The number of rotatable bonds is 20. The number of aliphatic hydroxyl groups excluding tert-OH is 6. The van der Waals surface area contributed by atoms with Crippen molar-refractivity contribution in [2.45, 2.75) is 169 Å². The number of phenolic OH excluding ortho intramolecular Hbond substituents is 3. The van der Waals surface area contributed by atoms with Gasteiger partial charge in [-0.2, -0.15) is 4.98 Å². The maximum Gasteiger partial charge on any atom is 0.349 e. The molecule has 11 bridgehead atoms. The van der Waals surface area contributed by atoms with Gasteiger partial charge in [0, 0.05) is 55.0 Å². The summed E-state index contributed by atoms with van der Waals surface area (Å²) in [4.78, 5) is 155. The molecule has 0 unspecified atom stereocenters. The number of aromatic hydroxyl groups is 3. The SMILES string of the molecule is CN[C@H](CC(C)C)C(=O)N[C@H]1C(=O)N[C@@H](CC(N)=O)C(=O)N[C@H]2C(=O)N[C@H]3C(=O)N[C@H](C(=O)N[C@@H](C(=O)NNC4=NCCN4)c4cc(O)cc(O)c4-c4cc3ccc4O)[C@H](O)c3ccc(c(Cl)c3)Oc3cc2cc(c3O[C@@H]2O[C@H](CO)[C@@H](O)[C@H](O)[C@H]2O[C@H]2C[C@](C)(NCCn3ccc(NC(=O)Cc4ccc(Cl)c(F)c4)nc3=O)[C@H](O)[C@H](C)O2)Oc2ccc(cc2Cl)[C@H]1O. The molecule has 9 heterocycles. The van der Waals surface area contributed by atoms with Gasteiger partial charge in [0.25, 0.3) is 5.91 Å². The number of primary amides is 1. The molecular formula is C83H92Cl3FN16O25. The monoisotopic (exact) mass is 1840 g/mol. The smallest absolute Gasteiger partial charge is 0.349 e. The van der Waals surface area contributed by atoms with Crippen LogP contribution < -0.4 is 89.7 Å². The van der Waals surface area contributed by atoms with Crippen molar-refractivity contribution in [1.82, 2.24) is 68.3 Å². The Kier molecular flexibility index (Phi) is 28.9. The first-order valence-electron chi connectivity index (χ1n) is 40.2. The minimum atomic E-state index is -2.40. The number of aromatic nitrogens is 2. The number of nitrogens with zero attached hydrogens (tertiary/aromatic N) is 3. The Labute approximate surface area is 741 Å². The second kappa shape index (κ2) is 39.6. The number of nitrogens with two attached hydrogens (primary N) is 1. The van der Waals surface area contributed by atoms with Crippen LogP contribution in [0.15, 0.2) is 119 Å². The van der Waals surface area contributed by atoms with E-state index < -0.39 is 259 Å². The van der Waals surface area contributed by atoms with Crippen LogP contribution in [0.5, 0.6) is 46.0 Å². The summed E-state index contributed by atoms with van der Waals surface area (Å²) in [6.45, 7) is 6.13. The highest BCUT2D eigenvalue weighted by molar-refractivity contribution is 6.32. The number of halogens is 4. The standard InChI is InChI=1S/C83H92Cl3FN16O25/c1-33(2)20-47(89-5)73(115)99-64-66(110)37-8-12-51(44(85)24-37)124-53-26-39-27-54(70(53)128-80-71(69(113)68(112)55(32-104)126-80)127-59-31-83(4,72(114)34(3)123-59)92-17-19-103-18-14-57(95-82(103)122)94-58(109)22-35-6-10-43(84)46(87)21-35)125-52-13-9-38(25-45(52)86)67(111)65-78(120)98-63(79(121)101-102-81-90-15-16-91-81)42-28-40(105)29-50(107)60(42)41-23-36(7-11-49(41)106)61(75(117)100-65)97-76(118)62(39)96-74(116)48(30-56(88)108)93-77(64)119/h6-14,18,21,23-29,33-34,47-48,55,59,61-69,71-72,80,89,92,104-107,110-114H,15-17,19-20,22,30-32H2,1-5H3,(H2,88,108)(H,93,119)(H,96,116)(H,97,118)(H,98,120)(H,99,115)(H,100,117)(H,101,121)(H2,90,91,102)(H,94,95,109,122)/t34-,47+,48-,55+,59-,61+,62+,63+,64+,65-,66+,67+,68+,69-,71+,72+,80-,83-/m0/s1. The number of hydrogen-bond donors (Lipinski definition) is 22. The van der Waals surface area contributed by atoms with Crippen LogP contribution in [-0.2, 0) is 70.3 Å². The number of carbonyl (C=O) groups is 9. The van der Waals surface area contributed by atoms with Gasteiger partial charge >= 0.3 is 5.69 Å². The highest BCUT2D eigenvalue weighted by Gasteiger charge is 2.52. The number of nitrogens with one attached hydrogen (secondary N) is 12. The number of phenols is 3. The zero-order valence-corrected chi connectivity index (χ0v) is 70.9. The van der Waals surface area contributed by atoms with Crippen LogP contribution >= 0.6 is 34.8 Å². The van der Waals surface area contributed by atoms with Crippen LogP contribution in [0.25, 0.3) is 11.1 Å². The molecule has 18 atom stereocenters. The van der Waals surface area contributed by atoms with Crippen molar-refractivity contribution in [3.63, 3.8) is 0 Å². The molecule has 0 saturated carbocycles. The molecule has 8 aliphatic rings. The number of ether oxygens (including phenoxy) is 6. The molecule has 9 amide bonds. The largest absolute Gasteiger partial charge is 0.508 e. The normalized spacial score (nSPS) is 26.1. The topological polar surface area (TPSA) is 609 Å². The van der Waals surface area contributed by atoms with E-state index in [0.717, 1.165) is 72.8 Å². The zero-order chi connectivity index (χ0) is 92.2. The summed E-state index contributed by atoms with van der Waals surface area (Å²) in [6.07, 6.45) is -18.6. The summed E-state index contributed by atoms with van der Waals surface area (Å²) in [7, 11) is 1.46. The summed E-state index contributed by atoms with van der Waals surface area (Å²) in [5.41, 5.74) is 6.16. The first kappa shape index (κ1) is 93.5. The summed E-state index contributed by atoms with van der Waals surface area (Å²) < 4.78 is 54.8. The van der Waals surface area contributed by atoms with Gasteiger partial charge in [-0.3, -0.25) is 63.6 Å². The summed E-state index contributed by atoms with van der Waals surface area (Å²) in [5, 5.41) is 132. The fraction of sp³-hybridized carbons (Fsp3) is 0.398. The molecule has 45 heteroatoms. The quantitative estimate of drug-likeness (QED) is 0.0461. The lowest BCUT2D eigenvalue weighted by atomic mass is 9.85. The van der Waals surface area contributed by atoms with Crippen molar-refractivity contribution in [1.29, 1.82) is 0 Å². The Morgan fingerprint density at radius 2 is 1.41 bits per heavy atom. The zero-order valence-electron chi connectivity index (χ0n) is 68.6. The third-order valence-corrected chi connectivity index (χ3v) is 23.0. The van der Waals surface area contributed by atoms with Crippen LogP contribution in [0.3, 0.4) is 0 Å². The summed E-state index contributed by atoms with van der Waals surface area (Å²) in [5.74, 6) is -16.9. The molecule has 15 rings (SSSR count). The Morgan fingerprint density at radius 1 is 0.734 bits per heavy atom. The van der Waals surface area contributed by atoms with Gasteiger partial charge in [0.2, 0.25) is 65.3 Å². The lowest BCUT2D eigenvalue weighted by Gasteiger charge is -2.48. The molecule has 23 N–H and O–H groups in total. The fourth-order valence-electron chi connectivity index (χ4n) is 15.5. The summed E-state index contributed by atoms with van der Waals surface area (Å²) in [6, 6.07) is 4.70. The molecule has 2 fully saturated rings. The molecule has 8 aliphatic heterocycles.